The lowest BCUT2D eigenvalue weighted by molar-refractivity contribution is -0.153. The van der Waals surface area contributed by atoms with E-state index in [9.17, 15) is 0 Å². The van der Waals surface area contributed by atoms with E-state index in [1.165, 1.54) is 16.7 Å². The minimum Gasteiger partial charge on any atom is -0.376 e. The fourth-order valence-electron chi connectivity index (χ4n) is 4.50. The molecule has 0 radical (unpaired) electrons. The molecule has 3 aromatic rings. The summed E-state index contributed by atoms with van der Waals surface area (Å²) in [5, 5.41) is 0. The van der Waals surface area contributed by atoms with Crippen molar-refractivity contribution in [3.8, 4) is 0 Å². The van der Waals surface area contributed by atoms with Gasteiger partial charge in [-0.1, -0.05) is 97.9 Å². The summed E-state index contributed by atoms with van der Waals surface area (Å²) in [5.41, 5.74) is 3.59. The summed E-state index contributed by atoms with van der Waals surface area (Å²) in [6.45, 7) is 4.84. The quantitative estimate of drug-likeness (QED) is 0.371. The van der Waals surface area contributed by atoms with Crippen LogP contribution in [0.1, 0.15) is 36.5 Å². The molecule has 0 saturated heterocycles. The minimum absolute atomic E-state index is 0.0124. The second kappa shape index (κ2) is 12.0. The molecule has 0 aliphatic heterocycles. The van der Waals surface area contributed by atoms with E-state index in [0.29, 0.717) is 38.3 Å². The zero-order valence-electron chi connectivity index (χ0n) is 18.9. The molecule has 1 aliphatic rings. The lowest BCUT2D eigenvalue weighted by Gasteiger charge is -2.41. The van der Waals surface area contributed by atoms with Gasteiger partial charge in [0.05, 0.1) is 38.6 Å². The Kier molecular flexibility index (Phi) is 8.49. The van der Waals surface area contributed by atoms with Gasteiger partial charge >= 0.3 is 0 Å². The van der Waals surface area contributed by atoms with E-state index in [1.54, 1.807) is 0 Å². The van der Waals surface area contributed by atoms with Gasteiger partial charge < -0.3 is 14.2 Å². The van der Waals surface area contributed by atoms with E-state index >= 15 is 0 Å². The highest BCUT2D eigenvalue weighted by Gasteiger charge is 2.39. The second-order valence-corrected chi connectivity index (χ2v) is 8.82. The Balaban J connectivity index is 1.42. The topological polar surface area (TPSA) is 27.7 Å². The van der Waals surface area contributed by atoms with Gasteiger partial charge in [-0.15, -0.1) is 0 Å². The monoisotopic (exact) mass is 430 g/mol. The first kappa shape index (κ1) is 22.7. The van der Waals surface area contributed by atoms with E-state index in [4.69, 9.17) is 14.2 Å². The van der Waals surface area contributed by atoms with Crippen LogP contribution in [0.2, 0.25) is 0 Å². The van der Waals surface area contributed by atoms with Crippen molar-refractivity contribution < 1.29 is 14.2 Å². The molecule has 0 N–H and O–H groups in total. The van der Waals surface area contributed by atoms with Crippen molar-refractivity contribution in [2.45, 2.75) is 51.8 Å². The number of hydrogen-bond acceptors (Lipinski definition) is 3. The Hall–Kier alpha value is -2.46. The number of rotatable bonds is 10. The summed E-state index contributed by atoms with van der Waals surface area (Å²) in [5.74, 6) is 0.833. The summed E-state index contributed by atoms with van der Waals surface area (Å²) in [6.07, 6.45) is 2.23. The molecule has 3 heteroatoms. The van der Waals surface area contributed by atoms with Crippen molar-refractivity contribution in [3.05, 3.63) is 108 Å². The van der Waals surface area contributed by atoms with Gasteiger partial charge in [-0.25, -0.2) is 0 Å². The maximum atomic E-state index is 6.55. The molecule has 0 bridgehead atoms. The lowest BCUT2D eigenvalue weighted by atomic mass is 9.77. The number of benzene rings is 3. The molecule has 4 rings (SSSR count). The molecular formula is C29H34O3. The van der Waals surface area contributed by atoms with Gasteiger partial charge in [0.2, 0.25) is 0 Å². The van der Waals surface area contributed by atoms with Crippen LogP contribution in [0.5, 0.6) is 0 Å². The Labute approximate surface area is 192 Å². The Morgan fingerprint density at radius 1 is 0.625 bits per heavy atom. The minimum atomic E-state index is 0.0124. The largest absolute Gasteiger partial charge is 0.376 e. The molecule has 0 aromatic heterocycles. The van der Waals surface area contributed by atoms with E-state index < -0.39 is 0 Å². The highest BCUT2D eigenvalue weighted by atomic mass is 16.5. The third-order valence-electron chi connectivity index (χ3n) is 6.44. The average Bonchev–Trinajstić information content (AvgIpc) is 2.85. The van der Waals surface area contributed by atoms with Crippen LogP contribution in [-0.4, -0.2) is 18.8 Å². The highest BCUT2D eigenvalue weighted by Crippen LogP contribution is 2.35. The maximum Gasteiger partial charge on any atom is 0.0893 e. The summed E-state index contributed by atoms with van der Waals surface area (Å²) in [4.78, 5) is 0. The molecule has 0 heterocycles. The SMILES string of the molecule is CC1CC[C@@H](OCc2ccccc2)C(OCc2ccccc2)C1COCc1ccccc1. The van der Waals surface area contributed by atoms with Gasteiger partial charge in [0.15, 0.2) is 0 Å². The highest BCUT2D eigenvalue weighted by molar-refractivity contribution is 5.15. The van der Waals surface area contributed by atoms with Crippen LogP contribution in [0.4, 0.5) is 0 Å². The summed E-state index contributed by atoms with van der Waals surface area (Å²) in [6, 6.07) is 31.2. The van der Waals surface area contributed by atoms with Crippen LogP contribution in [-0.2, 0) is 34.0 Å². The molecule has 3 unspecified atom stereocenters. The van der Waals surface area contributed by atoms with Crippen LogP contribution in [0.3, 0.4) is 0 Å². The van der Waals surface area contributed by atoms with Gasteiger partial charge in [0.25, 0.3) is 0 Å². The summed E-state index contributed by atoms with van der Waals surface area (Å²) in [7, 11) is 0. The van der Waals surface area contributed by atoms with Crippen LogP contribution in [0.25, 0.3) is 0 Å². The number of hydrogen-bond donors (Lipinski definition) is 0. The Morgan fingerprint density at radius 2 is 1.12 bits per heavy atom. The summed E-state index contributed by atoms with van der Waals surface area (Å²) >= 11 is 0. The summed E-state index contributed by atoms with van der Waals surface area (Å²) < 4.78 is 19.2. The zero-order chi connectivity index (χ0) is 22.0. The van der Waals surface area contributed by atoms with Crippen molar-refractivity contribution in [1.29, 1.82) is 0 Å². The van der Waals surface area contributed by atoms with Gasteiger partial charge in [0, 0.05) is 5.92 Å². The van der Waals surface area contributed by atoms with E-state index in [2.05, 4.69) is 79.7 Å². The van der Waals surface area contributed by atoms with E-state index in [1.807, 2.05) is 18.2 Å². The predicted molar refractivity (Wildman–Crippen MR) is 128 cm³/mol. The van der Waals surface area contributed by atoms with Crippen LogP contribution in [0.15, 0.2) is 91.0 Å². The van der Waals surface area contributed by atoms with Crippen LogP contribution in [0, 0.1) is 11.8 Å². The van der Waals surface area contributed by atoms with Gasteiger partial charge in [-0.2, -0.15) is 0 Å². The average molecular weight is 431 g/mol. The third kappa shape index (κ3) is 6.52. The third-order valence-corrected chi connectivity index (χ3v) is 6.44. The Morgan fingerprint density at radius 3 is 1.69 bits per heavy atom. The van der Waals surface area contributed by atoms with Crippen LogP contribution >= 0.6 is 0 Å². The molecule has 4 atom stereocenters. The maximum absolute atomic E-state index is 6.55. The van der Waals surface area contributed by atoms with Gasteiger partial charge in [0.1, 0.15) is 0 Å². The van der Waals surface area contributed by atoms with Crippen molar-refractivity contribution in [2.24, 2.45) is 11.8 Å². The molecule has 32 heavy (non-hydrogen) atoms. The lowest BCUT2D eigenvalue weighted by Crippen LogP contribution is -2.46. The molecule has 1 saturated carbocycles. The fourth-order valence-corrected chi connectivity index (χ4v) is 4.50. The van der Waals surface area contributed by atoms with Crippen molar-refractivity contribution in [2.75, 3.05) is 6.61 Å². The van der Waals surface area contributed by atoms with Crippen molar-refractivity contribution >= 4 is 0 Å². The fraction of sp³-hybridized carbons (Fsp3) is 0.379. The van der Waals surface area contributed by atoms with Crippen LogP contribution < -0.4 is 0 Å². The van der Waals surface area contributed by atoms with Gasteiger partial charge in [-0.3, -0.25) is 0 Å². The molecule has 0 amide bonds. The van der Waals surface area contributed by atoms with Crippen molar-refractivity contribution in [1.82, 2.24) is 0 Å². The molecule has 0 spiro atoms. The van der Waals surface area contributed by atoms with Crippen molar-refractivity contribution in [3.63, 3.8) is 0 Å². The van der Waals surface area contributed by atoms with E-state index in [-0.39, 0.29) is 12.2 Å². The molecule has 168 valence electrons. The predicted octanol–water partition coefficient (Wildman–Crippen LogP) is 6.42. The van der Waals surface area contributed by atoms with E-state index in [0.717, 1.165) is 12.8 Å². The smallest absolute Gasteiger partial charge is 0.0893 e. The first-order valence-corrected chi connectivity index (χ1v) is 11.7. The molecular weight excluding hydrogens is 396 g/mol. The first-order valence-electron chi connectivity index (χ1n) is 11.7. The number of ether oxygens (including phenoxy) is 3. The zero-order valence-corrected chi connectivity index (χ0v) is 18.9. The standard InChI is InChI=1S/C29H34O3/c1-23-17-18-28(31-20-25-13-7-3-8-14-25)29(32-21-26-15-9-4-10-16-26)27(23)22-30-19-24-11-5-2-6-12-24/h2-16,23,27-29H,17-22H2,1H3/t23?,27?,28-,29?/m1/s1. The molecule has 3 aromatic carbocycles. The second-order valence-electron chi connectivity index (χ2n) is 8.82. The molecule has 3 nitrogen and oxygen atoms in total. The normalized spacial score (nSPS) is 23.2. The Bertz CT molecular complexity index is 897. The molecule has 1 fully saturated rings. The van der Waals surface area contributed by atoms with Gasteiger partial charge in [-0.05, 0) is 35.4 Å². The molecule has 1 aliphatic carbocycles. The first-order chi connectivity index (χ1) is 15.8.